The van der Waals surface area contributed by atoms with Gasteiger partial charge in [-0.05, 0) is 13.8 Å². The fourth-order valence-corrected chi connectivity index (χ4v) is 1.31. The van der Waals surface area contributed by atoms with Crippen molar-refractivity contribution in [1.82, 2.24) is 4.90 Å². The smallest absolute Gasteiger partial charge is 0.148 e. The normalized spacial score (nSPS) is 25.5. The van der Waals surface area contributed by atoms with Gasteiger partial charge in [0.1, 0.15) is 5.78 Å². The van der Waals surface area contributed by atoms with Crippen LogP contribution in [0.15, 0.2) is 0 Å². The maximum absolute atomic E-state index is 10.9. The molecule has 1 aliphatic rings. The minimum absolute atomic E-state index is 0.112. The van der Waals surface area contributed by atoms with Crippen LogP contribution in [0.1, 0.15) is 20.3 Å². The van der Waals surface area contributed by atoms with Crippen molar-refractivity contribution >= 4 is 5.78 Å². The molecule has 0 saturated carbocycles. The highest BCUT2D eigenvalue weighted by Crippen LogP contribution is 2.11. The summed E-state index contributed by atoms with van der Waals surface area (Å²) in [4.78, 5) is 12.9. The SMILES string of the molecule is CC(O)C(C)N1CCC(=O)C1. The van der Waals surface area contributed by atoms with E-state index in [-0.39, 0.29) is 17.9 Å². The van der Waals surface area contributed by atoms with Gasteiger partial charge in [-0.2, -0.15) is 0 Å². The van der Waals surface area contributed by atoms with Gasteiger partial charge >= 0.3 is 0 Å². The van der Waals surface area contributed by atoms with Crippen LogP contribution in [0, 0.1) is 0 Å². The Morgan fingerprint density at radius 3 is 2.55 bits per heavy atom. The van der Waals surface area contributed by atoms with E-state index >= 15 is 0 Å². The Balaban J connectivity index is 2.43. The highest BCUT2D eigenvalue weighted by Gasteiger charge is 2.25. The molecule has 3 nitrogen and oxygen atoms in total. The van der Waals surface area contributed by atoms with Crippen molar-refractivity contribution in [3.8, 4) is 0 Å². The van der Waals surface area contributed by atoms with Crippen molar-refractivity contribution in [3.05, 3.63) is 0 Å². The Kier molecular flexibility index (Phi) is 2.62. The van der Waals surface area contributed by atoms with Crippen LogP contribution in [0.2, 0.25) is 0 Å². The predicted octanol–water partition coefficient (Wildman–Crippen LogP) is 0.0305. The van der Waals surface area contributed by atoms with E-state index in [9.17, 15) is 9.90 Å². The molecule has 2 unspecified atom stereocenters. The van der Waals surface area contributed by atoms with E-state index in [2.05, 4.69) is 0 Å². The first-order chi connectivity index (χ1) is 5.11. The second-order valence-corrected chi connectivity index (χ2v) is 3.24. The van der Waals surface area contributed by atoms with Crippen molar-refractivity contribution in [2.75, 3.05) is 13.1 Å². The zero-order chi connectivity index (χ0) is 8.43. The van der Waals surface area contributed by atoms with Gasteiger partial charge in [-0.15, -0.1) is 0 Å². The first-order valence-corrected chi connectivity index (χ1v) is 4.05. The molecular weight excluding hydrogens is 142 g/mol. The molecule has 3 heteroatoms. The highest BCUT2D eigenvalue weighted by atomic mass is 16.3. The molecular formula is C8H15NO2. The number of Topliss-reactive ketones (excluding diaryl/α,β-unsaturated/α-hetero) is 1. The van der Waals surface area contributed by atoms with Crippen molar-refractivity contribution < 1.29 is 9.90 Å². The van der Waals surface area contributed by atoms with Gasteiger partial charge in [0, 0.05) is 19.0 Å². The highest BCUT2D eigenvalue weighted by molar-refractivity contribution is 5.82. The Morgan fingerprint density at radius 2 is 2.18 bits per heavy atom. The lowest BCUT2D eigenvalue weighted by molar-refractivity contribution is -0.117. The predicted molar refractivity (Wildman–Crippen MR) is 42.3 cm³/mol. The molecule has 0 amide bonds. The number of carbonyl (C=O) groups is 1. The number of aliphatic hydroxyl groups excluding tert-OH is 1. The zero-order valence-corrected chi connectivity index (χ0v) is 7.08. The Morgan fingerprint density at radius 1 is 1.55 bits per heavy atom. The van der Waals surface area contributed by atoms with E-state index in [1.807, 2.05) is 11.8 Å². The number of likely N-dealkylation sites (tertiary alicyclic amines) is 1. The minimum Gasteiger partial charge on any atom is -0.392 e. The second kappa shape index (κ2) is 3.32. The van der Waals surface area contributed by atoms with E-state index in [0.29, 0.717) is 13.0 Å². The van der Waals surface area contributed by atoms with Crippen LogP contribution in [-0.2, 0) is 4.79 Å². The summed E-state index contributed by atoms with van der Waals surface area (Å²) in [6.45, 7) is 5.04. The lowest BCUT2D eigenvalue weighted by atomic mass is 10.2. The first kappa shape index (κ1) is 8.68. The molecule has 0 aromatic carbocycles. The molecule has 0 aliphatic carbocycles. The third kappa shape index (κ3) is 2.01. The van der Waals surface area contributed by atoms with Gasteiger partial charge in [-0.25, -0.2) is 0 Å². The van der Waals surface area contributed by atoms with Crippen LogP contribution >= 0.6 is 0 Å². The summed E-state index contributed by atoms with van der Waals surface area (Å²) in [7, 11) is 0. The van der Waals surface area contributed by atoms with Crippen LogP contribution < -0.4 is 0 Å². The lowest BCUT2D eigenvalue weighted by Crippen LogP contribution is -2.38. The summed E-state index contributed by atoms with van der Waals surface area (Å²) in [5, 5.41) is 9.21. The van der Waals surface area contributed by atoms with E-state index < -0.39 is 0 Å². The fourth-order valence-electron chi connectivity index (χ4n) is 1.31. The molecule has 0 spiro atoms. The van der Waals surface area contributed by atoms with Gasteiger partial charge in [-0.3, -0.25) is 9.69 Å². The monoisotopic (exact) mass is 157 g/mol. The van der Waals surface area contributed by atoms with Gasteiger partial charge in [0.05, 0.1) is 12.6 Å². The maximum Gasteiger partial charge on any atom is 0.148 e. The molecule has 0 radical (unpaired) electrons. The fraction of sp³-hybridized carbons (Fsp3) is 0.875. The van der Waals surface area contributed by atoms with Crippen LogP contribution in [0.4, 0.5) is 0 Å². The third-order valence-electron chi connectivity index (χ3n) is 2.33. The number of hydrogen-bond acceptors (Lipinski definition) is 3. The lowest BCUT2D eigenvalue weighted by Gasteiger charge is -2.24. The molecule has 1 aliphatic heterocycles. The Bertz CT molecular complexity index is 156. The number of rotatable bonds is 2. The van der Waals surface area contributed by atoms with Gasteiger partial charge in [0.2, 0.25) is 0 Å². The van der Waals surface area contributed by atoms with Crippen molar-refractivity contribution in [1.29, 1.82) is 0 Å². The number of hydrogen-bond donors (Lipinski definition) is 1. The Hall–Kier alpha value is -0.410. The summed E-state index contributed by atoms with van der Waals surface area (Å²) in [6, 6.07) is 0.112. The standard InChI is InChI=1S/C8H15NO2/c1-6(7(2)10)9-4-3-8(11)5-9/h6-7,10H,3-5H2,1-2H3. The van der Waals surface area contributed by atoms with Gasteiger partial charge in [-0.1, -0.05) is 0 Å². The second-order valence-electron chi connectivity index (χ2n) is 3.24. The molecule has 0 bridgehead atoms. The minimum atomic E-state index is -0.346. The number of nitrogens with zero attached hydrogens (tertiary/aromatic N) is 1. The van der Waals surface area contributed by atoms with Crippen LogP contribution in [0.5, 0.6) is 0 Å². The molecule has 1 N–H and O–H groups in total. The number of carbonyl (C=O) groups excluding carboxylic acids is 1. The molecule has 2 atom stereocenters. The van der Waals surface area contributed by atoms with Crippen molar-refractivity contribution in [2.24, 2.45) is 0 Å². The molecule has 1 heterocycles. The summed E-state index contributed by atoms with van der Waals surface area (Å²) < 4.78 is 0. The topological polar surface area (TPSA) is 40.5 Å². The molecule has 0 aromatic heterocycles. The van der Waals surface area contributed by atoms with E-state index in [4.69, 9.17) is 0 Å². The first-order valence-electron chi connectivity index (χ1n) is 4.05. The van der Waals surface area contributed by atoms with E-state index in [1.54, 1.807) is 6.92 Å². The molecule has 1 rings (SSSR count). The van der Waals surface area contributed by atoms with Crippen LogP contribution in [0.25, 0.3) is 0 Å². The molecule has 1 fully saturated rings. The maximum atomic E-state index is 10.9. The Labute approximate surface area is 67.0 Å². The zero-order valence-electron chi connectivity index (χ0n) is 7.08. The van der Waals surface area contributed by atoms with Gasteiger partial charge < -0.3 is 5.11 Å². The van der Waals surface area contributed by atoms with Gasteiger partial charge in [0.15, 0.2) is 0 Å². The van der Waals surface area contributed by atoms with Gasteiger partial charge in [0.25, 0.3) is 0 Å². The molecule has 11 heavy (non-hydrogen) atoms. The summed E-state index contributed by atoms with van der Waals surface area (Å²) in [5.74, 6) is 0.289. The number of aliphatic hydroxyl groups is 1. The summed E-state index contributed by atoms with van der Waals surface area (Å²) in [5.41, 5.74) is 0. The number of ketones is 1. The average molecular weight is 157 g/mol. The summed E-state index contributed by atoms with van der Waals surface area (Å²) >= 11 is 0. The van der Waals surface area contributed by atoms with Crippen LogP contribution in [0.3, 0.4) is 0 Å². The molecule has 64 valence electrons. The van der Waals surface area contributed by atoms with Crippen LogP contribution in [-0.4, -0.2) is 41.0 Å². The summed E-state index contributed by atoms with van der Waals surface area (Å²) in [6.07, 6.45) is 0.303. The average Bonchev–Trinajstić information content (AvgIpc) is 2.34. The largest absolute Gasteiger partial charge is 0.392 e. The molecule has 1 saturated heterocycles. The van der Waals surface area contributed by atoms with Crippen molar-refractivity contribution in [3.63, 3.8) is 0 Å². The molecule has 0 aromatic rings. The third-order valence-corrected chi connectivity index (χ3v) is 2.33. The quantitative estimate of drug-likeness (QED) is 0.615. The van der Waals surface area contributed by atoms with E-state index in [0.717, 1.165) is 6.54 Å². The van der Waals surface area contributed by atoms with E-state index in [1.165, 1.54) is 0 Å². The van der Waals surface area contributed by atoms with Crippen molar-refractivity contribution in [2.45, 2.75) is 32.4 Å².